The average molecular weight is 225 g/mol. The zero-order valence-corrected chi connectivity index (χ0v) is 9.38. The number of aliphatic hydroxyl groups excluding tert-OH is 1. The highest BCUT2D eigenvalue weighted by Crippen LogP contribution is 2.26. The largest absolute Gasteiger partial charge is 0.392 e. The van der Waals surface area contributed by atoms with Crippen LogP contribution in [0.15, 0.2) is 23.1 Å². The fourth-order valence-electron chi connectivity index (χ4n) is 1.01. The lowest BCUT2D eigenvalue weighted by molar-refractivity contribution is 0.196. The molecule has 4 heteroatoms. The Morgan fingerprint density at radius 2 is 2.07 bits per heavy atom. The van der Waals surface area contributed by atoms with Gasteiger partial charge in [-0.1, -0.05) is 6.92 Å². The summed E-state index contributed by atoms with van der Waals surface area (Å²) in [5.74, 6) is -0.422. The highest BCUT2D eigenvalue weighted by atomic mass is 32.2. The van der Waals surface area contributed by atoms with E-state index in [9.17, 15) is 9.50 Å². The molecular weight excluding hydrogens is 213 g/mol. The van der Waals surface area contributed by atoms with Gasteiger partial charge in [0.2, 0.25) is 0 Å². The Morgan fingerprint density at radius 1 is 1.40 bits per heavy atom. The predicted octanol–water partition coefficient (Wildman–Crippen LogP) is 2.56. The second-order valence-corrected chi connectivity index (χ2v) is 4.80. The van der Waals surface area contributed by atoms with E-state index in [0.29, 0.717) is 10.5 Å². The fourth-order valence-corrected chi connectivity index (χ4v) is 2.01. The van der Waals surface area contributed by atoms with E-state index in [4.69, 9.17) is 5.26 Å². The first-order valence-corrected chi connectivity index (χ1v) is 5.46. The highest BCUT2D eigenvalue weighted by Gasteiger charge is 2.11. The number of aliphatic hydroxyl groups is 1. The van der Waals surface area contributed by atoms with Gasteiger partial charge in [-0.05, 0) is 25.1 Å². The quantitative estimate of drug-likeness (QED) is 0.804. The molecule has 0 spiro atoms. The molecule has 2 atom stereocenters. The van der Waals surface area contributed by atoms with Crippen LogP contribution in [0.2, 0.25) is 0 Å². The number of benzene rings is 1. The van der Waals surface area contributed by atoms with Crippen molar-refractivity contribution in [2.24, 2.45) is 0 Å². The van der Waals surface area contributed by atoms with Crippen molar-refractivity contribution in [2.45, 2.75) is 30.1 Å². The summed E-state index contributed by atoms with van der Waals surface area (Å²) in [5, 5.41) is 17.9. The summed E-state index contributed by atoms with van der Waals surface area (Å²) in [7, 11) is 0. The third-order valence-corrected chi connectivity index (χ3v) is 3.28. The maximum atomic E-state index is 13.0. The molecule has 0 heterocycles. The molecule has 1 aromatic carbocycles. The molecule has 80 valence electrons. The molecule has 1 N–H and O–H groups in total. The van der Waals surface area contributed by atoms with Crippen LogP contribution in [0.3, 0.4) is 0 Å². The maximum Gasteiger partial charge on any atom is 0.125 e. The van der Waals surface area contributed by atoms with E-state index in [1.165, 1.54) is 23.9 Å². The van der Waals surface area contributed by atoms with Crippen molar-refractivity contribution in [1.29, 1.82) is 5.26 Å². The molecule has 0 radical (unpaired) electrons. The summed E-state index contributed by atoms with van der Waals surface area (Å²) in [6.45, 7) is 3.54. The van der Waals surface area contributed by atoms with Crippen molar-refractivity contribution in [2.75, 3.05) is 0 Å². The van der Waals surface area contributed by atoms with E-state index in [2.05, 4.69) is 0 Å². The summed E-state index contributed by atoms with van der Waals surface area (Å²) in [4.78, 5) is 0.667. The standard InChI is InChI=1S/C11H12FNOS/c1-7(14)8(2)15-11-4-9(6-13)3-10(12)5-11/h3-5,7-8,14H,1-2H3. The van der Waals surface area contributed by atoms with Crippen molar-refractivity contribution in [3.05, 3.63) is 29.6 Å². The molecule has 1 aromatic rings. The third-order valence-electron chi connectivity index (χ3n) is 2.00. The van der Waals surface area contributed by atoms with E-state index in [1.807, 2.05) is 13.0 Å². The van der Waals surface area contributed by atoms with Gasteiger partial charge in [0.05, 0.1) is 17.7 Å². The Labute approximate surface area is 92.7 Å². The molecule has 0 saturated carbocycles. The summed E-state index contributed by atoms with van der Waals surface area (Å²) >= 11 is 1.35. The molecule has 0 aliphatic rings. The molecule has 0 aliphatic carbocycles. The predicted molar refractivity (Wildman–Crippen MR) is 58.1 cm³/mol. The lowest BCUT2D eigenvalue weighted by atomic mass is 10.2. The van der Waals surface area contributed by atoms with E-state index in [1.54, 1.807) is 13.0 Å². The zero-order chi connectivity index (χ0) is 11.4. The van der Waals surface area contributed by atoms with Crippen molar-refractivity contribution < 1.29 is 9.50 Å². The van der Waals surface area contributed by atoms with Crippen LogP contribution in [-0.4, -0.2) is 16.5 Å². The lowest BCUT2D eigenvalue weighted by Crippen LogP contribution is -2.14. The van der Waals surface area contributed by atoms with Crippen molar-refractivity contribution in [1.82, 2.24) is 0 Å². The summed E-state index contributed by atoms with van der Waals surface area (Å²) in [6.07, 6.45) is -0.469. The Hall–Kier alpha value is -1.05. The molecule has 0 amide bonds. The second-order valence-electron chi connectivity index (χ2n) is 3.35. The van der Waals surface area contributed by atoms with Gasteiger partial charge in [-0.3, -0.25) is 0 Å². The molecule has 0 fully saturated rings. The van der Waals surface area contributed by atoms with Crippen LogP contribution in [0.4, 0.5) is 4.39 Å². The van der Waals surface area contributed by atoms with Gasteiger partial charge in [-0.15, -0.1) is 11.8 Å². The van der Waals surface area contributed by atoms with Gasteiger partial charge in [0, 0.05) is 10.1 Å². The van der Waals surface area contributed by atoms with Crippen molar-refractivity contribution in [3.63, 3.8) is 0 Å². The van der Waals surface area contributed by atoms with Crippen molar-refractivity contribution in [3.8, 4) is 6.07 Å². The first-order chi connectivity index (χ1) is 7.02. The van der Waals surface area contributed by atoms with Gasteiger partial charge >= 0.3 is 0 Å². The minimum Gasteiger partial charge on any atom is -0.392 e. The van der Waals surface area contributed by atoms with Gasteiger partial charge in [-0.2, -0.15) is 5.26 Å². The van der Waals surface area contributed by atoms with E-state index in [0.717, 1.165) is 0 Å². The van der Waals surface area contributed by atoms with Gasteiger partial charge in [0.15, 0.2) is 0 Å². The topological polar surface area (TPSA) is 44.0 Å². The molecule has 0 aromatic heterocycles. The molecule has 2 unspecified atom stereocenters. The second kappa shape index (κ2) is 5.15. The summed E-state index contributed by atoms with van der Waals surface area (Å²) < 4.78 is 13.0. The molecule has 15 heavy (non-hydrogen) atoms. The van der Waals surface area contributed by atoms with E-state index >= 15 is 0 Å². The molecule has 0 saturated heterocycles. The molecule has 1 rings (SSSR count). The number of rotatable bonds is 3. The Kier molecular flexibility index (Phi) is 4.13. The number of hydrogen-bond donors (Lipinski definition) is 1. The van der Waals surface area contributed by atoms with Crippen LogP contribution in [0.5, 0.6) is 0 Å². The number of nitriles is 1. The Balaban J connectivity index is 2.87. The minimum atomic E-state index is -0.469. The van der Waals surface area contributed by atoms with Gasteiger partial charge in [0.1, 0.15) is 5.82 Å². The van der Waals surface area contributed by atoms with Crippen LogP contribution in [0.25, 0.3) is 0 Å². The monoisotopic (exact) mass is 225 g/mol. The van der Waals surface area contributed by atoms with Crippen LogP contribution >= 0.6 is 11.8 Å². The highest BCUT2D eigenvalue weighted by molar-refractivity contribution is 8.00. The fraction of sp³-hybridized carbons (Fsp3) is 0.364. The van der Waals surface area contributed by atoms with Gasteiger partial charge in [-0.25, -0.2) is 4.39 Å². The maximum absolute atomic E-state index is 13.0. The summed E-state index contributed by atoms with van der Waals surface area (Å²) in [6, 6.07) is 6.07. The normalized spacial score (nSPS) is 14.3. The Bertz CT molecular complexity index is 387. The number of halogens is 1. The molecule has 0 bridgehead atoms. The first-order valence-electron chi connectivity index (χ1n) is 4.58. The molecule has 2 nitrogen and oxygen atoms in total. The minimum absolute atomic E-state index is 0.0293. The van der Waals surface area contributed by atoms with Crippen LogP contribution in [0, 0.1) is 17.1 Å². The zero-order valence-electron chi connectivity index (χ0n) is 8.57. The van der Waals surface area contributed by atoms with E-state index < -0.39 is 11.9 Å². The molecule has 0 aliphatic heterocycles. The number of nitrogens with zero attached hydrogens (tertiary/aromatic N) is 1. The lowest BCUT2D eigenvalue weighted by Gasteiger charge is -2.13. The number of hydrogen-bond acceptors (Lipinski definition) is 3. The number of thioether (sulfide) groups is 1. The van der Waals surface area contributed by atoms with Crippen LogP contribution in [0.1, 0.15) is 19.4 Å². The van der Waals surface area contributed by atoms with Gasteiger partial charge < -0.3 is 5.11 Å². The van der Waals surface area contributed by atoms with Crippen molar-refractivity contribution >= 4 is 11.8 Å². The van der Waals surface area contributed by atoms with E-state index in [-0.39, 0.29) is 5.25 Å². The molecular formula is C11H12FNOS. The summed E-state index contributed by atoms with van der Waals surface area (Å²) in [5.41, 5.74) is 0.301. The van der Waals surface area contributed by atoms with Crippen LogP contribution < -0.4 is 0 Å². The van der Waals surface area contributed by atoms with Crippen LogP contribution in [-0.2, 0) is 0 Å². The third kappa shape index (κ3) is 3.54. The van der Waals surface area contributed by atoms with Gasteiger partial charge in [0.25, 0.3) is 0 Å². The average Bonchev–Trinajstić information content (AvgIpc) is 2.16. The smallest absolute Gasteiger partial charge is 0.125 e. The Morgan fingerprint density at radius 3 is 2.60 bits per heavy atom. The SMILES string of the molecule is CC(O)C(C)Sc1cc(F)cc(C#N)c1. The first kappa shape index (κ1) is 12.0.